The summed E-state index contributed by atoms with van der Waals surface area (Å²) < 4.78 is 5.28. The zero-order valence-electron chi connectivity index (χ0n) is 9.76. The molecule has 4 nitrogen and oxygen atoms in total. The summed E-state index contributed by atoms with van der Waals surface area (Å²) in [5.74, 6) is 0.902. The highest BCUT2D eigenvalue weighted by Crippen LogP contribution is 2.16. The number of aromatic nitrogens is 2. The van der Waals surface area contributed by atoms with E-state index in [1.165, 1.54) is 0 Å². The predicted molar refractivity (Wildman–Crippen MR) is 65.6 cm³/mol. The average Bonchev–Trinajstić information content (AvgIpc) is 2.40. The van der Waals surface area contributed by atoms with Crippen LogP contribution in [0.4, 0.5) is 0 Å². The van der Waals surface area contributed by atoms with Gasteiger partial charge < -0.3 is 10.1 Å². The van der Waals surface area contributed by atoms with Crippen molar-refractivity contribution in [2.24, 2.45) is 0 Å². The van der Waals surface area contributed by atoms with E-state index in [0.29, 0.717) is 6.54 Å². The highest BCUT2D eigenvalue weighted by atomic mass is 16.5. The smallest absolute Gasteiger partial charge is 0.123 e. The molecule has 2 aromatic rings. The molecule has 0 radical (unpaired) electrons. The molecule has 1 heterocycles. The molecular weight excluding hydrogens is 214 g/mol. The molecule has 88 valence electrons. The molecule has 0 saturated carbocycles. The minimum atomic E-state index is 0.700. The fourth-order valence-corrected chi connectivity index (χ4v) is 1.60. The van der Waals surface area contributed by atoms with Crippen LogP contribution in [-0.4, -0.2) is 17.1 Å². The maximum atomic E-state index is 5.28. The molecule has 0 amide bonds. The van der Waals surface area contributed by atoms with E-state index in [1.807, 2.05) is 24.3 Å². The SMILES string of the molecule is COc1ccccc1CNCc1cnccn1. The van der Waals surface area contributed by atoms with Gasteiger partial charge in [0.15, 0.2) is 0 Å². The van der Waals surface area contributed by atoms with Crippen molar-refractivity contribution in [3.63, 3.8) is 0 Å². The van der Waals surface area contributed by atoms with E-state index in [-0.39, 0.29) is 0 Å². The molecule has 0 spiro atoms. The number of nitrogens with zero attached hydrogens (tertiary/aromatic N) is 2. The van der Waals surface area contributed by atoms with Crippen molar-refractivity contribution < 1.29 is 4.74 Å². The first-order valence-corrected chi connectivity index (χ1v) is 5.47. The van der Waals surface area contributed by atoms with Crippen LogP contribution in [-0.2, 0) is 13.1 Å². The Balaban J connectivity index is 1.90. The zero-order chi connectivity index (χ0) is 11.9. The molecule has 0 aliphatic carbocycles. The molecule has 0 aliphatic heterocycles. The Kier molecular flexibility index (Phi) is 4.05. The van der Waals surface area contributed by atoms with Crippen LogP contribution in [0.15, 0.2) is 42.9 Å². The molecule has 1 aromatic heterocycles. The Morgan fingerprint density at radius 3 is 2.82 bits per heavy atom. The number of hydrogen-bond donors (Lipinski definition) is 1. The number of para-hydroxylation sites is 1. The summed E-state index contributed by atoms with van der Waals surface area (Å²) in [6, 6.07) is 7.97. The Labute approximate surface area is 101 Å². The minimum Gasteiger partial charge on any atom is -0.496 e. The molecule has 0 fully saturated rings. The van der Waals surface area contributed by atoms with Crippen molar-refractivity contribution in [3.8, 4) is 5.75 Å². The highest BCUT2D eigenvalue weighted by Gasteiger charge is 2.00. The van der Waals surface area contributed by atoms with Gasteiger partial charge in [0.05, 0.1) is 12.8 Å². The summed E-state index contributed by atoms with van der Waals surface area (Å²) in [5.41, 5.74) is 2.07. The molecule has 0 atom stereocenters. The first kappa shape index (κ1) is 11.5. The van der Waals surface area contributed by atoms with Crippen LogP contribution >= 0.6 is 0 Å². The number of hydrogen-bond acceptors (Lipinski definition) is 4. The van der Waals surface area contributed by atoms with E-state index in [1.54, 1.807) is 25.7 Å². The van der Waals surface area contributed by atoms with Crippen LogP contribution in [0, 0.1) is 0 Å². The Morgan fingerprint density at radius 1 is 1.18 bits per heavy atom. The van der Waals surface area contributed by atoms with Crippen molar-refractivity contribution in [3.05, 3.63) is 54.1 Å². The molecule has 0 saturated heterocycles. The van der Waals surface area contributed by atoms with Gasteiger partial charge in [-0.05, 0) is 6.07 Å². The van der Waals surface area contributed by atoms with Crippen molar-refractivity contribution in [1.82, 2.24) is 15.3 Å². The van der Waals surface area contributed by atoms with Crippen molar-refractivity contribution in [2.75, 3.05) is 7.11 Å². The summed E-state index contributed by atoms with van der Waals surface area (Å²) in [6.45, 7) is 1.45. The lowest BCUT2D eigenvalue weighted by molar-refractivity contribution is 0.407. The maximum absolute atomic E-state index is 5.28. The van der Waals surface area contributed by atoms with Crippen molar-refractivity contribution >= 4 is 0 Å². The first-order valence-electron chi connectivity index (χ1n) is 5.47. The van der Waals surface area contributed by atoms with E-state index >= 15 is 0 Å². The molecule has 0 bridgehead atoms. The maximum Gasteiger partial charge on any atom is 0.123 e. The fourth-order valence-electron chi connectivity index (χ4n) is 1.60. The molecule has 2 rings (SSSR count). The van der Waals surface area contributed by atoms with Gasteiger partial charge in [-0.3, -0.25) is 9.97 Å². The van der Waals surface area contributed by atoms with Crippen molar-refractivity contribution in [1.29, 1.82) is 0 Å². The van der Waals surface area contributed by atoms with Crippen LogP contribution in [0.1, 0.15) is 11.3 Å². The summed E-state index contributed by atoms with van der Waals surface area (Å²) in [6.07, 6.45) is 5.12. The van der Waals surface area contributed by atoms with Gasteiger partial charge in [0.25, 0.3) is 0 Å². The molecule has 0 unspecified atom stereocenters. The largest absolute Gasteiger partial charge is 0.496 e. The molecule has 4 heteroatoms. The van der Waals surface area contributed by atoms with Crippen LogP contribution in [0.25, 0.3) is 0 Å². The molecular formula is C13H15N3O. The highest BCUT2D eigenvalue weighted by molar-refractivity contribution is 5.32. The predicted octanol–water partition coefficient (Wildman–Crippen LogP) is 1.77. The number of ether oxygens (including phenoxy) is 1. The second-order valence-electron chi connectivity index (χ2n) is 3.61. The second-order valence-corrected chi connectivity index (χ2v) is 3.61. The van der Waals surface area contributed by atoms with E-state index in [9.17, 15) is 0 Å². The van der Waals surface area contributed by atoms with E-state index in [4.69, 9.17) is 4.74 Å². The molecule has 1 aromatic carbocycles. The quantitative estimate of drug-likeness (QED) is 0.849. The van der Waals surface area contributed by atoms with Gasteiger partial charge in [-0.15, -0.1) is 0 Å². The Bertz CT molecular complexity index is 459. The van der Waals surface area contributed by atoms with Gasteiger partial charge in [-0.2, -0.15) is 0 Å². The summed E-state index contributed by atoms with van der Waals surface area (Å²) in [5, 5.41) is 3.31. The van der Waals surface area contributed by atoms with Gasteiger partial charge in [0.2, 0.25) is 0 Å². The lowest BCUT2D eigenvalue weighted by Crippen LogP contribution is -2.14. The summed E-state index contributed by atoms with van der Waals surface area (Å²) >= 11 is 0. The van der Waals surface area contributed by atoms with Gasteiger partial charge in [-0.25, -0.2) is 0 Å². The number of methoxy groups -OCH3 is 1. The van der Waals surface area contributed by atoms with Gasteiger partial charge in [-0.1, -0.05) is 18.2 Å². The van der Waals surface area contributed by atoms with Gasteiger partial charge in [0, 0.05) is 37.2 Å². The van der Waals surface area contributed by atoms with Crippen LogP contribution < -0.4 is 10.1 Å². The van der Waals surface area contributed by atoms with E-state index in [2.05, 4.69) is 15.3 Å². The number of benzene rings is 1. The first-order chi connectivity index (χ1) is 8.40. The lowest BCUT2D eigenvalue weighted by atomic mass is 10.2. The van der Waals surface area contributed by atoms with Crippen LogP contribution in [0.5, 0.6) is 5.75 Å². The normalized spacial score (nSPS) is 10.2. The Morgan fingerprint density at radius 2 is 2.06 bits per heavy atom. The zero-order valence-corrected chi connectivity index (χ0v) is 9.76. The number of nitrogens with one attached hydrogen (secondary N) is 1. The third-order valence-electron chi connectivity index (χ3n) is 2.43. The molecule has 1 N–H and O–H groups in total. The van der Waals surface area contributed by atoms with Crippen molar-refractivity contribution in [2.45, 2.75) is 13.1 Å². The topological polar surface area (TPSA) is 47.0 Å². The molecule has 0 aliphatic rings. The van der Waals surface area contributed by atoms with E-state index < -0.39 is 0 Å². The summed E-state index contributed by atoms with van der Waals surface area (Å²) in [7, 11) is 1.68. The second kappa shape index (κ2) is 5.96. The van der Waals surface area contributed by atoms with Gasteiger partial charge >= 0.3 is 0 Å². The fraction of sp³-hybridized carbons (Fsp3) is 0.231. The molecule has 17 heavy (non-hydrogen) atoms. The average molecular weight is 229 g/mol. The van der Waals surface area contributed by atoms with Gasteiger partial charge in [0.1, 0.15) is 5.75 Å². The minimum absolute atomic E-state index is 0.700. The standard InChI is InChI=1S/C13H15N3O/c1-17-13-5-3-2-4-11(13)8-15-10-12-9-14-6-7-16-12/h2-7,9,15H,8,10H2,1H3. The summed E-state index contributed by atoms with van der Waals surface area (Å²) in [4.78, 5) is 8.21. The Hall–Kier alpha value is -1.94. The monoisotopic (exact) mass is 229 g/mol. The van der Waals surface area contributed by atoms with E-state index in [0.717, 1.165) is 23.6 Å². The van der Waals surface area contributed by atoms with Crippen LogP contribution in [0.3, 0.4) is 0 Å². The van der Waals surface area contributed by atoms with Crippen LogP contribution in [0.2, 0.25) is 0 Å². The third kappa shape index (κ3) is 3.26. The number of rotatable bonds is 5. The lowest BCUT2D eigenvalue weighted by Gasteiger charge is -2.08. The third-order valence-corrected chi connectivity index (χ3v) is 2.43.